The van der Waals surface area contributed by atoms with Crippen LogP contribution in [0, 0.1) is 0 Å². The average molecular weight is 230 g/mol. The Labute approximate surface area is 92.8 Å². The Hall–Kier alpha value is -1.26. The number of anilines is 1. The number of amides is 1. The van der Waals surface area contributed by atoms with Crippen LogP contribution in [0.5, 0.6) is 0 Å². The maximum atomic E-state index is 11.1. The van der Waals surface area contributed by atoms with E-state index in [9.17, 15) is 4.79 Å². The first kappa shape index (κ1) is 11.8. The Bertz CT molecular complexity index is 305. The van der Waals surface area contributed by atoms with E-state index >= 15 is 0 Å². The monoisotopic (exact) mass is 229 g/mol. The van der Waals surface area contributed by atoms with Gasteiger partial charge in [0.2, 0.25) is 0 Å². The molecule has 0 aliphatic heterocycles. The van der Waals surface area contributed by atoms with Crippen molar-refractivity contribution in [3.63, 3.8) is 0 Å². The molecule has 5 heteroatoms. The largest absolute Gasteiger partial charge is 0.447 e. The molecule has 0 aromatic heterocycles. The fraction of sp³-hybridized carbons (Fsp3) is 0.300. The molecule has 2 N–H and O–H groups in total. The number of alkyl halides is 1. The van der Waals surface area contributed by atoms with Crippen LogP contribution in [0.3, 0.4) is 0 Å². The zero-order valence-electron chi connectivity index (χ0n) is 8.02. The van der Waals surface area contributed by atoms with E-state index in [4.69, 9.17) is 21.4 Å². The van der Waals surface area contributed by atoms with Crippen LogP contribution in [0.25, 0.3) is 0 Å². The molecule has 1 amide bonds. The van der Waals surface area contributed by atoms with Crippen molar-refractivity contribution in [1.29, 1.82) is 0 Å². The number of rotatable bonds is 4. The molecule has 0 saturated heterocycles. The number of carbonyl (C=O) groups is 1. The van der Waals surface area contributed by atoms with Gasteiger partial charge in [0.05, 0.1) is 5.88 Å². The Morgan fingerprint density at radius 1 is 1.47 bits per heavy atom. The second-order valence-corrected chi connectivity index (χ2v) is 3.21. The van der Waals surface area contributed by atoms with Gasteiger partial charge in [-0.3, -0.25) is 5.32 Å². The van der Waals surface area contributed by atoms with Crippen LogP contribution in [-0.4, -0.2) is 29.8 Å². The standard InChI is InChI=1S/C10H12ClNO3/c11-6-9(13)7-15-10(14)12-8-4-2-1-3-5-8/h1-5,9,13H,6-7H2,(H,12,14). The lowest BCUT2D eigenvalue weighted by atomic mass is 10.3. The van der Waals surface area contributed by atoms with Gasteiger partial charge in [0.1, 0.15) is 12.7 Å². The zero-order valence-corrected chi connectivity index (χ0v) is 8.78. The lowest BCUT2D eigenvalue weighted by Gasteiger charge is -2.09. The molecule has 15 heavy (non-hydrogen) atoms. The number of aliphatic hydroxyl groups excluding tert-OH is 1. The fourth-order valence-corrected chi connectivity index (χ4v) is 0.981. The van der Waals surface area contributed by atoms with Crippen LogP contribution in [-0.2, 0) is 4.74 Å². The van der Waals surface area contributed by atoms with Gasteiger partial charge in [0.25, 0.3) is 0 Å². The van der Waals surface area contributed by atoms with E-state index in [2.05, 4.69) is 5.32 Å². The molecule has 1 aromatic carbocycles. The lowest BCUT2D eigenvalue weighted by Crippen LogP contribution is -2.22. The minimum Gasteiger partial charge on any atom is -0.447 e. The smallest absolute Gasteiger partial charge is 0.411 e. The summed E-state index contributed by atoms with van der Waals surface area (Å²) in [5.41, 5.74) is 0.642. The number of hydrogen-bond acceptors (Lipinski definition) is 3. The van der Waals surface area contributed by atoms with Gasteiger partial charge < -0.3 is 9.84 Å². The van der Waals surface area contributed by atoms with Gasteiger partial charge in [-0.25, -0.2) is 4.79 Å². The second-order valence-electron chi connectivity index (χ2n) is 2.90. The van der Waals surface area contributed by atoms with E-state index in [0.717, 1.165) is 0 Å². The summed E-state index contributed by atoms with van der Waals surface area (Å²) < 4.78 is 4.71. The number of ether oxygens (including phenoxy) is 1. The third-order valence-electron chi connectivity index (χ3n) is 1.61. The quantitative estimate of drug-likeness (QED) is 0.775. The molecule has 1 unspecified atom stereocenters. The van der Waals surface area contributed by atoms with Crippen LogP contribution in [0.15, 0.2) is 30.3 Å². The molecule has 1 aromatic rings. The third-order valence-corrected chi connectivity index (χ3v) is 1.96. The zero-order chi connectivity index (χ0) is 11.1. The predicted octanol–water partition coefficient (Wildman–Crippen LogP) is 1.83. The summed E-state index contributed by atoms with van der Waals surface area (Å²) in [6.45, 7) is -0.109. The highest BCUT2D eigenvalue weighted by Crippen LogP contribution is 2.05. The number of carbonyl (C=O) groups excluding carboxylic acids is 1. The Morgan fingerprint density at radius 3 is 2.73 bits per heavy atom. The van der Waals surface area contributed by atoms with Gasteiger partial charge in [0.15, 0.2) is 0 Å². The Balaban J connectivity index is 2.31. The topological polar surface area (TPSA) is 58.6 Å². The van der Waals surface area contributed by atoms with Crippen molar-refractivity contribution >= 4 is 23.4 Å². The highest BCUT2D eigenvalue weighted by atomic mass is 35.5. The van der Waals surface area contributed by atoms with Crippen molar-refractivity contribution in [2.75, 3.05) is 17.8 Å². The maximum absolute atomic E-state index is 11.1. The van der Waals surface area contributed by atoms with Gasteiger partial charge in [0, 0.05) is 5.69 Å². The normalized spacial score (nSPS) is 11.9. The summed E-state index contributed by atoms with van der Waals surface area (Å²) in [5, 5.41) is 11.5. The molecule has 4 nitrogen and oxygen atoms in total. The summed E-state index contributed by atoms with van der Waals surface area (Å²) in [5.74, 6) is 0.0403. The molecule has 0 spiro atoms. The van der Waals surface area contributed by atoms with Crippen molar-refractivity contribution in [2.24, 2.45) is 0 Å². The lowest BCUT2D eigenvalue weighted by molar-refractivity contribution is 0.0876. The molecule has 0 aliphatic rings. The van der Waals surface area contributed by atoms with E-state index in [1.807, 2.05) is 6.07 Å². The van der Waals surface area contributed by atoms with Crippen LogP contribution < -0.4 is 5.32 Å². The van der Waals surface area contributed by atoms with Crippen molar-refractivity contribution in [3.05, 3.63) is 30.3 Å². The van der Waals surface area contributed by atoms with Gasteiger partial charge in [-0.05, 0) is 12.1 Å². The van der Waals surface area contributed by atoms with Gasteiger partial charge in [-0.1, -0.05) is 18.2 Å². The van der Waals surface area contributed by atoms with Gasteiger partial charge in [-0.2, -0.15) is 0 Å². The summed E-state index contributed by atoms with van der Waals surface area (Å²) in [6.07, 6.45) is -1.43. The summed E-state index contributed by atoms with van der Waals surface area (Å²) in [4.78, 5) is 11.1. The van der Waals surface area contributed by atoms with Gasteiger partial charge in [-0.15, -0.1) is 11.6 Å². The van der Waals surface area contributed by atoms with E-state index in [1.54, 1.807) is 24.3 Å². The average Bonchev–Trinajstić information content (AvgIpc) is 2.27. The molecule has 0 bridgehead atoms. The summed E-state index contributed by atoms with van der Waals surface area (Å²) >= 11 is 5.33. The minimum atomic E-state index is -0.826. The van der Waals surface area contributed by atoms with Crippen LogP contribution in [0.4, 0.5) is 10.5 Å². The molecular formula is C10H12ClNO3. The van der Waals surface area contributed by atoms with Crippen molar-refractivity contribution < 1.29 is 14.6 Å². The first-order chi connectivity index (χ1) is 7.22. The first-order valence-electron chi connectivity index (χ1n) is 4.45. The molecule has 0 aliphatic carbocycles. The molecule has 0 heterocycles. The van der Waals surface area contributed by atoms with Crippen molar-refractivity contribution in [1.82, 2.24) is 0 Å². The number of para-hydroxylation sites is 1. The molecule has 0 radical (unpaired) electrons. The molecule has 1 atom stereocenters. The maximum Gasteiger partial charge on any atom is 0.411 e. The summed E-state index contributed by atoms with van der Waals surface area (Å²) in [7, 11) is 0. The molecule has 0 fully saturated rings. The minimum absolute atomic E-state index is 0.0403. The van der Waals surface area contributed by atoms with Crippen molar-refractivity contribution in [2.45, 2.75) is 6.10 Å². The van der Waals surface area contributed by atoms with E-state index < -0.39 is 12.2 Å². The molecule has 1 rings (SSSR count). The number of halogens is 1. The Morgan fingerprint density at radius 2 is 2.13 bits per heavy atom. The third kappa shape index (κ3) is 4.67. The molecular weight excluding hydrogens is 218 g/mol. The fourth-order valence-electron chi connectivity index (χ4n) is 0.892. The SMILES string of the molecule is O=C(Nc1ccccc1)OCC(O)CCl. The summed E-state index contributed by atoms with van der Waals surface area (Å²) in [6, 6.07) is 8.90. The highest BCUT2D eigenvalue weighted by Gasteiger charge is 2.07. The van der Waals surface area contributed by atoms with Crippen LogP contribution in [0.1, 0.15) is 0 Å². The first-order valence-corrected chi connectivity index (χ1v) is 4.98. The molecule has 0 saturated carbocycles. The van der Waals surface area contributed by atoms with Crippen molar-refractivity contribution in [3.8, 4) is 0 Å². The van der Waals surface area contributed by atoms with Gasteiger partial charge >= 0.3 is 6.09 Å². The predicted molar refractivity (Wildman–Crippen MR) is 58.1 cm³/mol. The number of benzene rings is 1. The Kier molecular flexibility index (Phi) is 4.93. The second kappa shape index (κ2) is 6.27. The van der Waals surface area contributed by atoms with Crippen LogP contribution in [0.2, 0.25) is 0 Å². The highest BCUT2D eigenvalue weighted by molar-refractivity contribution is 6.18. The van der Waals surface area contributed by atoms with E-state index in [0.29, 0.717) is 5.69 Å². The molecule has 82 valence electrons. The van der Waals surface area contributed by atoms with E-state index in [1.165, 1.54) is 0 Å². The number of nitrogens with one attached hydrogen (secondary N) is 1. The van der Waals surface area contributed by atoms with Crippen LogP contribution >= 0.6 is 11.6 Å². The number of aliphatic hydroxyl groups is 1. The van der Waals surface area contributed by atoms with E-state index in [-0.39, 0.29) is 12.5 Å². The number of hydrogen-bond donors (Lipinski definition) is 2.